The summed E-state index contributed by atoms with van der Waals surface area (Å²) in [6, 6.07) is 17.4. The van der Waals surface area contributed by atoms with Crippen LogP contribution >= 0.6 is 11.6 Å². The first-order chi connectivity index (χ1) is 13.6. The summed E-state index contributed by atoms with van der Waals surface area (Å²) in [5.74, 6) is -0.693. The van der Waals surface area contributed by atoms with E-state index in [1.807, 2.05) is 23.1 Å². The van der Waals surface area contributed by atoms with Gasteiger partial charge in [-0.1, -0.05) is 48.0 Å². The fourth-order valence-electron chi connectivity index (χ4n) is 3.33. The summed E-state index contributed by atoms with van der Waals surface area (Å²) in [5, 5.41) is 18.7. The molecule has 0 amide bonds. The van der Waals surface area contributed by atoms with Crippen LogP contribution in [0.15, 0.2) is 54.6 Å². The van der Waals surface area contributed by atoms with Crippen molar-refractivity contribution in [1.29, 1.82) is 0 Å². The van der Waals surface area contributed by atoms with Crippen LogP contribution in [0.3, 0.4) is 0 Å². The van der Waals surface area contributed by atoms with Crippen molar-refractivity contribution in [1.82, 2.24) is 19.9 Å². The molecule has 0 radical (unpaired) electrons. The first-order valence-corrected chi connectivity index (χ1v) is 9.46. The molecule has 1 saturated heterocycles. The van der Waals surface area contributed by atoms with Crippen molar-refractivity contribution < 1.29 is 9.90 Å². The molecule has 144 valence electrons. The van der Waals surface area contributed by atoms with E-state index in [2.05, 4.69) is 27.2 Å². The Morgan fingerprint density at radius 3 is 2.43 bits per heavy atom. The monoisotopic (exact) mass is 397 g/mol. The summed E-state index contributed by atoms with van der Waals surface area (Å²) < 4.78 is 0. The first kappa shape index (κ1) is 18.5. The van der Waals surface area contributed by atoms with E-state index in [1.165, 1.54) is 10.4 Å². The van der Waals surface area contributed by atoms with Gasteiger partial charge in [0.15, 0.2) is 5.82 Å². The lowest BCUT2D eigenvalue weighted by molar-refractivity contribution is 0.0690. The topological polar surface area (TPSA) is 74.5 Å². The van der Waals surface area contributed by atoms with Crippen LogP contribution in [-0.2, 0) is 6.54 Å². The van der Waals surface area contributed by atoms with E-state index in [0.29, 0.717) is 29.6 Å². The van der Waals surface area contributed by atoms with Crippen molar-refractivity contribution >= 4 is 23.4 Å². The lowest BCUT2D eigenvalue weighted by Gasteiger charge is -2.34. The maximum atomic E-state index is 11.7. The molecule has 2 heterocycles. The smallest absolute Gasteiger partial charge is 0.360 e. The highest BCUT2D eigenvalue weighted by atomic mass is 35.5. The van der Waals surface area contributed by atoms with Crippen molar-refractivity contribution in [2.75, 3.05) is 31.1 Å². The predicted molar refractivity (Wildman–Crippen MR) is 107 cm³/mol. The van der Waals surface area contributed by atoms with E-state index in [1.54, 1.807) is 24.3 Å². The van der Waals surface area contributed by atoms with E-state index < -0.39 is 5.97 Å². The predicted octanol–water partition coefficient (Wildman–Crippen LogP) is 2.94. The molecule has 1 fully saturated rings. The van der Waals surface area contributed by atoms with Crippen LogP contribution in [-0.4, -0.2) is 57.1 Å². The molecule has 4 rings (SSSR count). The zero-order valence-corrected chi connectivity index (χ0v) is 16.0. The number of hydrogen-bond donors (Lipinski definition) is 1. The van der Waals surface area contributed by atoms with Gasteiger partial charge in [-0.05, 0) is 23.8 Å². The number of carboxylic acids is 1. The summed E-state index contributed by atoms with van der Waals surface area (Å²) in [6.07, 6.45) is 0. The Balaban J connectivity index is 1.50. The van der Waals surface area contributed by atoms with Crippen LogP contribution in [0.4, 0.5) is 5.82 Å². The Morgan fingerprint density at radius 2 is 1.75 bits per heavy atom. The van der Waals surface area contributed by atoms with Gasteiger partial charge in [0.2, 0.25) is 5.69 Å². The maximum Gasteiger partial charge on any atom is 0.360 e. The third-order valence-electron chi connectivity index (χ3n) is 4.76. The molecule has 1 aromatic heterocycles. The van der Waals surface area contributed by atoms with Crippen LogP contribution in [0.25, 0.3) is 5.69 Å². The van der Waals surface area contributed by atoms with Crippen LogP contribution in [0.1, 0.15) is 16.1 Å². The molecule has 1 aliphatic heterocycles. The Morgan fingerprint density at radius 1 is 1.00 bits per heavy atom. The summed E-state index contributed by atoms with van der Waals surface area (Å²) >= 11 is 6.03. The van der Waals surface area contributed by atoms with Crippen LogP contribution < -0.4 is 4.90 Å². The summed E-state index contributed by atoms with van der Waals surface area (Å²) in [4.78, 5) is 17.4. The second-order valence-electron chi connectivity index (χ2n) is 6.70. The van der Waals surface area contributed by atoms with Gasteiger partial charge in [0.05, 0.1) is 5.69 Å². The molecule has 0 bridgehead atoms. The fourth-order valence-corrected chi connectivity index (χ4v) is 3.51. The van der Waals surface area contributed by atoms with Crippen molar-refractivity contribution in [3.63, 3.8) is 0 Å². The van der Waals surface area contributed by atoms with Gasteiger partial charge in [-0.15, -0.1) is 15.0 Å². The van der Waals surface area contributed by atoms with Crippen LogP contribution in [0.5, 0.6) is 0 Å². The molecule has 28 heavy (non-hydrogen) atoms. The van der Waals surface area contributed by atoms with Crippen molar-refractivity contribution in [3.05, 3.63) is 70.9 Å². The molecule has 0 atom stereocenters. The van der Waals surface area contributed by atoms with Crippen LogP contribution in [0, 0.1) is 0 Å². The van der Waals surface area contributed by atoms with Gasteiger partial charge in [-0.25, -0.2) is 4.79 Å². The standard InChI is InChI=1S/C20H20ClN5O2/c21-16-7-4-8-17(13-16)26-22-18(20(27)28)19(23-26)25-11-9-24(10-12-25)14-15-5-2-1-3-6-15/h1-8,13H,9-12,14H2,(H,27,28). The molecule has 7 nitrogen and oxygen atoms in total. The summed E-state index contributed by atoms with van der Waals surface area (Å²) in [7, 11) is 0. The van der Waals surface area contributed by atoms with Crippen molar-refractivity contribution in [2.45, 2.75) is 6.54 Å². The molecular formula is C20H20ClN5O2. The van der Waals surface area contributed by atoms with Crippen molar-refractivity contribution in [3.8, 4) is 5.69 Å². The number of aromatic nitrogens is 3. The molecule has 0 spiro atoms. The normalized spacial score (nSPS) is 15.0. The number of benzene rings is 2. The van der Waals surface area contributed by atoms with E-state index in [-0.39, 0.29) is 5.69 Å². The van der Waals surface area contributed by atoms with Gasteiger partial charge in [0.25, 0.3) is 0 Å². The number of piperazine rings is 1. The molecular weight excluding hydrogens is 378 g/mol. The second kappa shape index (κ2) is 8.00. The van der Waals surface area contributed by atoms with Crippen LogP contribution in [0.2, 0.25) is 5.02 Å². The minimum absolute atomic E-state index is 0.0449. The lowest BCUT2D eigenvalue weighted by Crippen LogP contribution is -2.46. The number of anilines is 1. The zero-order chi connectivity index (χ0) is 19.5. The largest absolute Gasteiger partial charge is 0.476 e. The number of hydrogen-bond acceptors (Lipinski definition) is 5. The lowest BCUT2D eigenvalue weighted by atomic mass is 10.2. The molecule has 0 unspecified atom stereocenters. The van der Waals surface area contributed by atoms with Crippen molar-refractivity contribution in [2.24, 2.45) is 0 Å². The van der Waals surface area contributed by atoms with Gasteiger partial charge < -0.3 is 10.0 Å². The molecule has 2 aromatic carbocycles. The molecule has 0 aliphatic carbocycles. The molecule has 1 N–H and O–H groups in total. The second-order valence-corrected chi connectivity index (χ2v) is 7.13. The first-order valence-electron chi connectivity index (χ1n) is 9.08. The Hall–Kier alpha value is -2.90. The summed E-state index contributed by atoms with van der Waals surface area (Å²) in [5.41, 5.74) is 1.86. The molecule has 3 aromatic rings. The number of carbonyl (C=O) groups is 1. The highest BCUT2D eigenvalue weighted by Gasteiger charge is 2.26. The van der Waals surface area contributed by atoms with E-state index in [4.69, 9.17) is 11.6 Å². The number of aromatic carboxylic acids is 1. The molecule has 1 aliphatic rings. The summed E-state index contributed by atoms with van der Waals surface area (Å²) in [6.45, 7) is 3.94. The van der Waals surface area contributed by atoms with Gasteiger partial charge in [-0.2, -0.15) is 0 Å². The average molecular weight is 398 g/mol. The number of rotatable bonds is 5. The Labute approximate surface area is 167 Å². The van der Waals surface area contributed by atoms with E-state index in [9.17, 15) is 9.90 Å². The number of halogens is 1. The highest BCUT2D eigenvalue weighted by molar-refractivity contribution is 6.30. The van der Waals surface area contributed by atoms with E-state index in [0.717, 1.165) is 19.6 Å². The zero-order valence-electron chi connectivity index (χ0n) is 15.2. The van der Waals surface area contributed by atoms with Gasteiger partial charge in [-0.3, -0.25) is 4.90 Å². The number of carboxylic acid groups (broad SMARTS) is 1. The third-order valence-corrected chi connectivity index (χ3v) is 4.99. The molecule has 8 heteroatoms. The fraction of sp³-hybridized carbons (Fsp3) is 0.250. The quantitative estimate of drug-likeness (QED) is 0.713. The SMILES string of the molecule is O=C(O)c1nn(-c2cccc(Cl)c2)nc1N1CCN(Cc2ccccc2)CC1. The highest BCUT2D eigenvalue weighted by Crippen LogP contribution is 2.21. The van der Waals surface area contributed by atoms with Gasteiger partial charge in [0.1, 0.15) is 0 Å². The Bertz CT molecular complexity index is 968. The average Bonchev–Trinajstić information content (AvgIpc) is 3.15. The van der Waals surface area contributed by atoms with E-state index >= 15 is 0 Å². The minimum atomic E-state index is -1.09. The Kier molecular flexibility index (Phi) is 5.27. The molecule has 0 saturated carbocycles. The maximum absolute atomic E-state index is 11.7. The number of nitrogens with zero attached hydrogens (tertiary/aromatic N) is 5. The third kappa shape index (κ3) is 4.00. The van der Waals surface area contributed by atoms with Gasteiger partial charge in [0, 0.05) is 37.7 Å². The minimum Gasteiger partial charge on any atom is -0.476 e. The van der Waals surface area contributed by atoms with Gasteiger partial charge >= 0.3 is 5.97 Å².